The van der Waals surface area contributed by atoms with Crippen LogP contribution in [0.1, 0.15) is 12.5 Å². The van der Waals surface area contributed by atoms with Crippen LogP contribution >= 0.6 is 0 Å². The molecule has 1 heterocycles. The van der Waals surface area contributed by atoms with Gasteiger partial charge < -0.3 is 10.6 Å². The first-order valence-electron chi connectivity index (χ1n) is 6.34. The SMILES string of the molecule is CCNc1nccc(NCCc2ccccc2F)n1. The fourth-order valence-electron chi connectivity index (χ4n) is 1.73. The third-order valence-corrected chi connectivity index (χ3v) is 2.65. The molecule has 19 heavy (non-hydrogen) atoms. The lowest BCUT2D eigenvalue weighted by atomic mass is 10.1. The van der Waals surface area contributed by atoms with Gasteiger partial charge in [-0.1, -0.05) is 18.2 Å². The minimum atomic E-state index is -0.166. The molecule has 0 unspecified atom stereocenters. The van der Waals surface area contributed by atoms with Crippen LogP contribution in [0.15, 0.2) is 36.5 Å². The van der Waals surface area contributed by atoms with E-state index in [4.69, 9.17) is 0 Å². The van der Waals surface area contributed by atoms with Crippen molar-refractivity contribution in [2.45, 2.75) is 13.3 Å². The van der Waals surface area contributed by atoms with E-state index in [9.17, 15) is 4.39 Å². The quantitative estimate of drug-likeness (QED) is 0.838. The van der Waals surface area contributed by atoms with E-state index in [-0.39, 0.29) is 5.82 Å². The van der Waals surface area contributed by atoms with Crippen LogP contribution in [0.4, 0.5) is 16.2 Å². The first-order chi connectivity index (χ1) is 9.29. The molecular formula is C14H17FN4. The second-order valence-corrected chi connectivity index (χ2v) is 4.06. The summed E-state index contributed by atoms with van der Waals surface area (Å²) in [5.41, 5.74) is 0.705. The third kappa shape index (κ3) is 3.91. The Bertz CT molecular complexity index is 530. The lowest BCUT2D eigenvalue weighted by Gasteiger charge is -2.07. The Hall–Kier alpha value is -2.17. The van der Waals surface area contributed by atoms with E-state index >= 15 is 0 Å². The summed E-state index contributed by atoms with van der Waals surface area (Å²) in [4.78, 5) is 8.38. The molecule has 2 N–H and O–H groups in total. The molecule has 2 rings (SSSR count). The molecule has 0 radical (unpaired) electrons. The third-order valence-electron chi connectivity index (χ3n) is 2.65. The van der Waals surface area contributed by atoms with Crippen molar-refractivity contribution in [1.29, 1.82) is 0 Å². The Labute approximate surface area is 112 Å². The van der Waals surface area contributed by atoms with Crippen LogP contribution in [0.25, 0.3) is 0 Å². The summed E-state index contributed by atoms with van der Waals surface area (Å²) in [6.45, 7) is 3.39. The molecule has 0 spiro atoms. The van der Waals surface area contributed by atoms with Gasteiger partial charge in [0, 0.05) is 19.3 Å². The predicted molar refractivity (Wildman–Crippen MR) is 74.8 cm³/mol. The molecule has 100 valence electrons. The standard InChI is InChI=1S/C14H17FN4/c1-2-16-14-18-10-8-13(19-14)17-9-7-11-5-3-4-6-12(11)15/h3-6,8,10H,2,7,9H2,1H3,(H2,16,17,18,19). The fourth-order valence-corrected chi connectivity index (χ4v) is 1.73. The Morgan fingerprint density at radius 1 is 1.16 bits per heavy atom. The number of aromatic nitrogens is 2. The maximum Gasteiger partial charge on any atom is 0.224 e. The van der Waals surface area contributed by atoms with Crippen LogP contribution in [0, 0.1) is 5.82 Å². The van der Waals surface area contributed by atoms with Crippen molar-refractivity contribution >= 4 is 11.8 Å². The maximum atomic E-state index is 13.4. The Morgan fingerprint density at radius 2 is 2.00 bits per heavy atom. The Balaban J connectivity index is 1.89. The highest BCUT2D eigenvalue weighted by atomic mass is 19.1. The monoisotopic (exact) mass is 260 g/mol. The van der Waals surface area contributed by atoms with Crippen LogP contribution in [-0.2, 0) is 6.42 Å². The summed E-state index contributed by atoms with van der Waals surface area (Å²) in [6.07, 6.45) is 2.31. The van der Waals surface area contributed by atoms with Crippen molar-refractivity contribution in [1.82, 2.24) is 9.97 Å². The zero-order valence-corrected chi connectivity index (χ0v) is 10.9. The summed E-state index contributed by atoms with van der Waals surface area (Å²) >= 11 is 0. The van der Waals surface area contributed by atoms with Crippen LogP contribution in [0.2, 0.25) is 0 Å². The molecule has 0 bridgehead atoms. The molecule has 0 aliphatic carbocycles. The molecule has 0 saturated heterocycles. The van der Waals surface area contributed by atoms with Gasteiger partial charge in [-0.2, -0.15) is 4.98 Å². The molecule has 5 heteroatoms. The second-order valence-electron chi connectivity index (χ2n) is 4.06. The molecular weight excluding hydrogens is 243 g/mol. The van der Waals surface area contributed by atoms with E-state index in [1.54, 1.807) is 24.4 Å². The van der Waals surface area contributed by atoms with Gasteiger partial charge in [0.15, 0.2) is 0 Å². The van der Waals surface area contributed by atoms with Gasteiger partial charge in [-0.25, -0.2) is 9.37 Å². The number of benzene rings is 1. The number of hydrogen-bond acceptors (Lipinski definition) is 4. The van der Waals surface area contributed by atoms with Crippen molar-refractivity contribution in [2.75, 3.05) is 23.7 Å². The highest BCUT2D eigenvalue weighted by Gasteiger charge is 2.01. The molecule has 1 aromatic carbocycles. The van der Waals surface area contributed by atoms with Gasteiger partial charge in [0.2, 0.25) is 5.95 Å². The molecule has 0 fully saturated rings. The minimum Gasteiger partial charge on any atom is -0.370 e. The predicted octanol–water partition coefficient (Wildman–Crippen LogP) is 2.70. The van der Waals surface area contributed by atoms with Gasteiger partial charge in [0.1, 0.15) is 11.6 Å². The molecule has 0 atom stereocenters. The minimum absolute atomic E-state index is 0.166. The topological polar surface area (TPSA) is 49.8 Å². The van der Waals surface area contributed by atoms with Crippen molar-refractivity contribution in [3.05, 3.63) is 47.9 Å². The van der Waals surface area contributed by atoms with Crippen LogP contribution < -0.4 is 10.6 Å². The summed E-state index contributed by atoms with van der Waals surface area (Å²) in [5, 5.41) is 6.20. The number of rotatable bonds is 6. The highest BCUT2D eigenvalue weighted by Crippen LogP contribution is 2.09. The van der Waals surface area contributed by atoms with Gasteiger partial charge in [0.05, 0.1) is 0 Å². The van der Waals surface area contributed by atoms with E-state index in [0.29, 0.717) is 24.5 Å². The van der Waals surface area contributed by atoms with E-state index in [0.717, 1.165) is 12.4 Å². The zero-order chi connectivity index (χ0) is 13.5. The molecule has 0 saturated carbocycles. The van der Waals surface area contributed by atoms with Crippen molar-refractivity contribution in [2.24, 2.45) is 0 Å². The summed E-state index contributed by atoms with van der Waals surface area (Å²) in [5.74, 6) is 1.17. The first kappa shape index (κ1) is 13.3. The molecule has 0 aliphatic heterocycles. The van der Waals surface area contributed by atoms with E-state index in [2.05, 4.69) is 20.6 Å². The average Bonchev–Trinajstić information content (AvgIpc) is 2.42. The van der Waals surface area contributed by atoms with Crippen LogP contribution in [0.5, 0.6) is 0 Å². The summed E-state index contributed by atoms with van der Waals surface area (Å²) in [6, 6.07) is 8.60. The Kier molecular flexibility index (Phi) is 4.66. The smallest absolute Gasteiger partial charge is 0.224 e. The number of nitrogens with zero attached hydrogens (tertiary/aromatic N) is 2. The van der Waals surface area contributed by atoms with Crippen molar-refractivity contribution in [3.8, 4) is 0 Å². The Morgan fingerprint density at radius 3 is 2.79 bits per heavy atom. The number of anilines is 2. The highest BCUT2D eigenvalue weighted by molar-refractivity contribution is 5.39. The van der Waals surface area contributed by atoms with E-state index in [1.807, 2.05) is 13.0 Å². The normalized spacial score (nSPS) is 10.2. The largest absolute Gasteiger partial charge is 0.370 e. The number of nitrogens with one attached hydrogen (secondary N) is 2. The zero-order valence-electron chi connectivity index (χ0n) is 10.9. The second kappa shape index (κ2) is 6.68. The molecule has 0 aliphatic rings. The van der Waals surface area contributed by atoms with Gasteiger partial charge >= 0.3 is 0 Å². The van der Waals surface area contributed by atoms with Gasteiger partial charge in [-0.3, -0.25) is 0 Å². The van der Waals surface area contributed by atoms with E-state index < -0.39 is 0 Å². The van der Waals surface area contributed by atoms with Crippen LogP contribution in [-0.4, -0.2) is 23.1 Å². The fraction of sp³-hybridized carbons (Fsp3) is 0.286. The lowest BCUT2D eigenvalue weighted by Crippen LogP contribution is -2.09. The molecule has 1 aromatic heterocycles. The molecule has 4 nitrogen and oxygen atoms in total. The average molecular weight is 260 g/mol. The molecule has 0 amide bonds. The van der Waals surface area contributed by atoms with Crippen LogP contribution in [0.3, 0.4) is 0 Å². The number of halogens is 1. The van der Waals surface area contributed by atoms with Crippen molar-refractivity contribution < 1.29 is 4.39 Å². The van der Waals surface area contributed by atoms with Gasteiger partial charge in [0.25, 0.3) is 0 Å². The maximum absolute atomic E-state index is 13.4. The molecule has 2 aromatic rings. The summed E-state index contributed by atoms with van der Waals surface area (Å²) < 4.78 is 13.4. The van der Waals surface area contributed by atoms with Gasteiger partial charge in [-0.15, -0.1) is 0 Å². The van der Waals surface area contributed by atoms with Gasteiger partial charge in [-0.05, 0) is 31.0 Å². The summed E-state index contributed by atoms with van der Waals surface area (Å²) in [7, 11) is 0. The first-order valence-corrected chi connectivity index (χ1v) is 6.34. The van der Waals surface area contributed by atoms with E-state index in [1.165, 1.54) is 6.07 Å². The lowest BCUT2D eigenvalue weighted by molar-refractivity contribution is 0.610. The van der Waals surface area contributed by atoms with Crippen molar-refractivity contribution in [3.63, 3.8) is 0 Å². The number of hydrogen-bond donors (Lipinski definition) is 2.